The molecule has 114 valence electrons. The maximum absolute atomic E-state index is 12.4. The average Bonchev–Trinajstić information content (AvgIpc) is 3.24. The van der Waals surface area contributed by atoms with Gasteiger partial charge in [-0.1, -0.05) is 28.1 Å². The van der Waals surface area contributed by atoms with Crippen molar-refractivity contribution in [2.45, 2.75) is 37.4 Å². The number of hydrogen-bond acceptors (Lipinski definition) is 4. The smallest absolute Gasteiger partial charge is 0.280 e. The number of halogens is 1. The summed E-state index contributed by atoms with van der Waals surface area (Å²) in [6.07, 6.45) is 5.23. The van der Waals surface area contributed by atoms with Crippen LogP contribution in [0, 0.1) is 0 Å². The first-order chi connectivity index (χ1) is 10.7. The monoisotopic (exact) mass is 377 g/mol. The second-order valence-electron chi connectivity index (χ2n) is 5.90. The van der Waals surface area contributed by atoms with Crippen LogP contribution < -0.4 is 10.6 Å². The van der Waals surface area contributed by atoms with Gasteiger partial charge in [0.25, 0.3) is 5.91 Å². The molecule has 1 aromatic carbocycles. The Bertz CT molecular complexity index is 700. The number of nitrogens with one attached hydrogen (secondary N) is 2. The zero-order valence-corrected chi connectivity index (χ0v) is 14.3. The second-order valence-corrected chi connectivity index (χ2v) is 7.85. The molecule has 2 aromatic rings. The molecule has 4 rings (SSSR count). The van der Waals surface area contributed by atoms with E-state index in [0.29, 0.717) is 17.1 Å². The quantitative estimate of drug-likeness (QED) is 0.863. The van der Waals surface area contributed by atoms with Gasteiger partial charge in [0, 0.05) is 28.8 Å². The van der Waals surface area contributed by atoms with Crippen LogP contribution in [0.15, 0.2) is 34.9 Å². The van der Waals surface area contributed by atoms with Crippen molar-refractivity contribution in [2.24, 2.45) is 0 Å². The molecule has 2 N–H and O–H groups in total. The van der Waals surface area contributed by atoms with Crippen molar-refractivity contribution in [1.82, 2.24) is 15.6 Å². The van der Waals surface area contributed by atoms with E-state index < -0.39 is 0 Å². The first kappa shape index (κ1) is 14.4. The predicted octanol–water partition coefficient (Wildman–Crippen LogP) is 3.20. The lowest BCUT2D eigenvalue weighted by atomic mass is 9.95. The van der Waals surface area contributed by atoms with Crippen LogP contribution in [0.5, 0.6) is 0 Å². The Morgan fingerprint density at radius 1 is 1.32 bits per heavy atom. The van der Waals surface area contributed by atoms with Gasteiger partial charge in [-0.25, -0.2) is 4.98 Å². The second kappa shape index (κ2) is 5.76. The normalized spacial score (nSPS) is 26.3. The van der Waals surface area contributed by atoms with Crippen LogP contribution in [-0.2, 0) is 0 Å². The predicted molar refractivity (Wildman–Crippen MR) is 91.1 cm³/mol. The molecule has 4 nitrogen and oxygen atoms in total. The first-order valence-electron chi connectivity index (χ1n) is 7.48. The molecule has 2 aliphatic rings. The number of carbonyl (C=O) groups is 1. The molecule has 0 saturated carbocycles. The molecule has 2 bridgehead atoms. The fourth-order valence-corrected chi connectivity index (χ4v) is 4.43. The Kier molecular flexibility index (Phi) is 3.76. The first-order valence-corrected chi connectivity index (χ1v) is 9.09. The zero-order chi connectivity index (χ0) is 15.1. The Balaban J connectivity index is 1.46. The third-order valence-electron chi connectivity index (χ3n) is 4.45. The SMILES string of the molecule is O=C(N[C@@H]1C[C@H]2CC[C@@H]1N2)c1ncc(-c2ccc(Br)cc2)s1. The molecule has 0 aliphatic carbocycles. The van der Waals surface area contributed by atoms with E-state index >= 15 is 0 Å². The van der Waals surface area contributed by atoms with E-state index in [4.69, 9.17) is 0 Å². The molecular weight excluding hydrogens is 362 g/mol. The van der Waals surface area contributed by atoms with Crippen molar-refractivity contribution in [2.75, 3.05) is 0 Å². The fraction of sp³-hybridized carbons (Fsp3) is 0.375. The number of rotatable bonds is 3. The number of amides is 1. The highest BCUT2D eigenvalue weighted by atomic mass is 79.9. The van der Waals surface area contributed by atoms with Gasteiger partial charge in [-0.05, 0) is 37.0 Å². The Morgan fingerprint density at radius 3 is 2.82 bits per heavy atom. The molecule has 6 heteroatoms. The van der Waals surface area contributed by atoms with E-state index in [1.54, 1.807) is 6.20 Å². The summed E-state index contributed by atoms with van der Waals surface area (Å²) in [6.45, 7) is 0. The highest BCUT2D eigenvalue weighted by Crippen LogP contribution is 2.30. The van der Waals surface area contributed by atoms with Crippen LogP contribution in [0.25, 0.3) is 10.4 Å². The maximum atomic E-state index is 12.4. The Labute approximate surface area is 141 Å². The van der Waals surface area contributed by atoms with Gasteiger partial charge in [0.2, 0.25) is 0 Å². The number of thiazole rings is 1. The zero-order valence-electron chi connectivity index (χ0n) is 11.9. The minimum atomic E-state index is -0.0484. The summed E-state index contributed by atoms with van der Waals surface area (Å²) < 4.78 is 1.04. The lowest BCUT2D eigenvalue weighted by molar-refractivity contribution is 0.0930. The minimum Gasteiger partial charge on any atom is -0.346 e. The van der Waals surface area contributed by atoms with E-state index in [0.717, 1.165) is 27.8 Å². The van der Waals surface area contributed by atoms with Gasteiger partial charge in [-0.15, -0.1) is 11.3 Å². The van der Waals surface area contributed by atoms with Gasteiger partial charge in [-0.3, -0.25) is 4.79 Å². The van der Waals surface area contributed by atoms with Crippen LogP contribution in [0.1, 0.15) is 29.1 Å². The maximum Gasteiger partial charge on any atom is 0.280 e. The number of benzene rings is 1. The number of hydrogen-bond donors (Lipinski definition) is 2. The van der Waals surface area contributed by atoms with E-state index in [2.05, 4.69) is 31.5 Å². The van der Waals surface area contributed by atoms with Crippen molar-refractivity contribution < 1.29 is 4.79 Å². The van der Waals surface area contributed by atoms with Gasteiger partial charge in [0.1, 0.15) is 0 Å². The largest absolute Gasteiger partial charge is 0.346 e. The van der Waals surface area contributed by atoms with Crippen molar-refractivity contribution in [3.8, 4) is 10.4 Å². The molecule has 2 saturated heterocycles. The number of carbonyl (C=O) groups excluding carboxylic acids is 1. The molecule has 2 fully saturated rings. The molecular formula is C16H16BrN3OS. The summed E-state index contributed by atoms with van der Waals surface area (Å²) in [5.74, 6) is -0.0484. The molecule has 1 aromatic heterocycles. The minimum absolute atomic E-state index is 0.0484. The van der Waals surface area contributed by atoms with E-state index in [9.17, 15) is 4.79 Å². The molecule has 3 heterocycles. The summed E-state index contributed by atoms with van der Waals surface area (Å²) in [4.78, 5) is 17.7. The van der Waals surface area contributed by atoms with Gasteiger partial charge in [0.15, 0.2) is 5.01 Å². The van der Waals surface area contributed by atoms with Crippen molar-refractivity contribution in [3.05, 3.63) is 39.9 Å². The Morgan fingerprint density at radius 2 is 2.14 bits per heavy atom. The summed E-state index contributed by atoms with van der Waals surface area (Å²) >= 11 is 4.87. The molecule has 22 heavy (non-hydrogen) atoms. The number of aromatic nitrogens is 1. The third-order valence-corrected chi connectivity index (χ3v) is 6.02. The standard InChI is InChI=1S/C16H16BrN3OS/c17-10-3-1-9(2-4-10)14-8-18-16(22-14)15(21)20-13-7-11-5-6-12(13)19-11/h1-4,8,11-13,19H,5-7H2,(H,20,21)/t11-,12+,13-/m1/s1. The van der Waals surface area contributed by atoms with E-state index in [1.165, 1.54) is 17.8 Å². The highest BCUT2D eigenvalue weighted by molar-refractivity contribution is 9.10. The molecule has 0 radical (unpaired) electrons. The van der Waals surface area contributed by atoms with Crippen LogP contribution in [0.4, 0.5) is 0 Å². The molecule has 2 aliphatic heterocycles. The van der Waals surface area contributed by atoms with Gasteiger partial charge in [-0.2, -0.15) is 0 Å². The van der Waals surface area contributed by atoms with Gasteiger partial charge >= 0.3 is 0 Å². The van der Waals surface area contributed by atoms with Crippen molar-refractivity contribution in [1.29, 1.82) is 0 Å². The van der Waals surface area contributed by atoms with Gasteiger partial charge in [0.05, 0.1) is 4.88 Å². The van der Waals surface area contributed by atoms with Gasteiger partial charge < -0.3 is 10.6 Å². The molecule has 1 amide bonds. The van der Waals surface area contributed by atoms with Crippen LogP contribution in [-0.4, -0.2) is 29.0 Å². The highest BCUT2D eigenvalue weighted by Gasteiger charge is 2.39. The molecule has 0 spiro atoms. The fourth-order valence-electron chi connectivity index (χ4n) is 3.34. The Hall–Kier alpha value is -1.24. The molecule has 3 atom stereocenters. The summed E-state index contributed by atoms with van der Waals surface area (Å²) in [5.41, 5.74) is 1.08. The van der Waals surface area contributed by atoms with Crippen LogP contribution in [0.3, 0.4) is 0 Å². The topological polar surface area (TPSA) is 54.0 Å². The number of fused-ring (bicyclic) bond motifs is 2. The summed E-state index contributed by atoms with van der Waals surface area (Å²) in [7, 11) is 0. The average molecular weight is 378 g/mol. The van der Waals surface area contributed by atoms with Crippen molar-refractivity contribution in [3.63, 3.8) is 0 Å². The lowest BCUT2D eigenvalue weighted by Crippen LogP contribution is -2.42. The number of nitrogens with zero attached hydrogens (tertiary/aromatic N) is 1. The van der Waals surface area contributed by atoms with E-state index in [1.807, 2.05) is 24.3 Å². The van der Waals surface area contributed by atoms with Crippen LogP contribution >= 0.6 is 27.3 Å². The van der Waals surface area contributed by atoms with E-state index in [-0.39, 0.29) is 11.9 Å². The summed E-state index contributed by atoms with van der Waals surface area (Å²) in [6, 6.07) is 9.33. The lowest BCUT2D eigenvalue weighted by Gasteiger charge is -2.20. The molecule has 0 unspecified atom stereocenters. The third kappa shape index (κ3) is 2.71. The summed E-state index contributed by atoms with van der Waals surface area (Å²) in [5, 5.41) is 7.22. The van der Waals surface area contributed by atoms with Crippen LogP contribution in [0.2, 0.25) is 0 Å². The van der Waals surface area contributed by atoms with Crippen molar-refractivity contribution >= 4 is 33.2 Å².